The first-order valence-electron chi connectivity index (χ1n) is 5.71. The SMILES string of the molecule is Nc1cc(Br)ccc1SCCSc1ccc(F)cc1. The number of benzene rings is 2. The lowest BCUT2D eigenvalue weighted by atomic mass is 10.3. The summed E-state index contributed by atoms with van der Waals surface area (Å²) < 4.78 is 13.7. The summed E-state index contributed by atoms with van der Waals surface area (Å²) in [5, 5.41) is 0. The van der Waals surface area contributed by atoms with Gasteiger partial charge in [0.05, 0.1) is 0 Å². The lowest BCUT2D eigenvalue weighted by Gasteiger charge is -2.06. The zero-order chi connectivity index (χ0) is 13.7. The van der Waals surface area contributed by atoms with Crippen LogP contribution in [0.5, 0.6) is 0 Å². The standard InChI is InChI=1S/C14H13BrFNS2/c15-10-1-6-14(13(17)9-10)19-8-7-18-12-4-2-11(16)3-5-12/h1-6,9H,7-8,17H2. The summed E-state index contributed by atoms with van der Waals surface area (Å²) in [6, 6.07) is 12.5. The van der Waals surface area contributed by atoms with Crippen LogP contribution in [0.4, 0.5) is 10.1 Å². The second kappa shape index (κ2) is 7.22. The van der Waals surface area contributed by atoms with Gasteiger partial charge in [-0.3, -0.25) is 0 Å². The molecule has 1 nitrogen and oxygen atoms in total. The molecule has 2 N–H and O–H groups in total. The van der Waals surface area contributed by atoms with Crippen molar-refractivity contribution < 1.29 is 4.39 Å². The quantitative estimate of drug-likeness (QED) is 0.460. The molecule has 2 rings (SSSR count). The summed E-state index contributed by atoms with van der Waals surface area (Å²) >= 11 is 6.85. The zero-order valence-corrected chi connectivity index (χ0v) is 13.3. The molecule has 2 aromatic rings. The van der Waals surface area contributed by atoms with Crippen molar-refractivity contribution in [3.8, 4) is 0 Å². The van der Waals surface area contributed by atoms with Gasteiger partial charge >= 0.3 is 0 Å². The van der Waals surface area contributed by atoms with Crippen LogP contribution in [-0.2, 0) is 0 Å². The van der Waals surface area contributed by atoms with Crippen LogP contribution >= 0.6 is 39.5 Å². The zero-order valence-electron chi connectivity index (χ0n) is 10.1. The molecule has 0 aliphatic heterocycles. The Morgan fingerprint density at radius 2 is 1.68 bits per heavy atom. The maximum Gasteiger partial charge on any atom is 0.123 e. The van der Waals surface area contributed by atoms with Gasteiger partial charge in [0.2, 0.25) is 0 Å². The third kappa shape index (κ3) is 4.75. The number of thioether (sulfide) groups is 2. The Kier molecular flexibility index (Phi) is 5.60. The summed E-state index contributed by atoms with van der Waals surface area (Å²) in [5.74, 6) is 1.74. The molecule has 0 aliphatic carbocycles. The van der Waals surface area contributed by atoms with Crippen LogP contribution in [0.15, 0.2) is 56.7 Å². The van der Waals surface area contributed by atoms with Crippen LogP contribution in [0.3, 0.4) is 0 Å². The highest BCUT2D eigenvalue weighted by Crippen LogP contribution is 2.29. The van der Waals surface area contributed by atoms with Crippen molar-refractivity contribution in [3.05, 3.63) is 52.8 Å². The number of nitrogen functional groups attached to an aromatic ring is 1. The molecule has 0 unspecified atom stereocenters. The van der Waals surface area contributed by atoms with Gasteiger partial charge in [0.15, 0.2) is 0 Å². The summed E-state index contributed by atoms with van der Waals surface area (Å²) in [6.45, 7) is 0. The van der Waals surface area contributed by atoms with Crippen LogP contribution in [0, 0.1) is 5.82 Å². The number of hydrogen-bond acceptors (Lipinski definition) is 3. The molecular weight excluding hydrogens is 345 g/mol. The molecule has 0 fully saturated rings. The summed E-state index contributed by atoms with van der Waals surface area (Å²) in [6.07, 6.45) is 0. The van der Waals surface area contributed by atoms with Gasteiger partial charge in [0.1, 0.15) is 5.82 Å². The number of nitrogens with two attached hydrogens (primary N) is 1. The smallest absolute Gasteiger partial charge is 0.123 e. The maximum absolute atomic E-state index is 12.7. The van der Waals surface area contributed by atoms with E-state index in [0.29, 0.717) is 0 Å². The second-order valence-electron chi connectivity index (χ2n) is 3.83. The van der Waals surface area contributed by atoms with Gasteiger partial charge in [-0.05, 0) is 42.5 Å². The van der Waals surface area contributed by atoms with E-state index < -0.39 is 0 Å². The van der Waals surface area contributed by atoms with Gasteiger partial charge in [-0.15, -0.1) is 23.5 Å². The van der Waals surface area contributed by atoms with Gasteiger partial charge in [0, 0.05) is 31.5 Å². The predicted molar refractivity (Wildman–Crippen MR) is 86.4 cm³/mol. The Morgan fingerprint density at radius 3 is 2.37 bits per heavy atom. The van der Waals surface area contributed by atoms with Crippen molar-refractivity contribution in [1.29, 1.82) is 0 Å². The van der Waals surface area contributed by atoms with Gasteiger partial charge < -0.3 is 5.73 Å². The van der Waals surface area contributed by atoms with E-state index in [9.17, 15) is 4.39 Å². The Morgan fingerprint density at radius 1 is 1.00 bits per heavy atom. The van der Waals surface area contributed by atoms with Crippen LogP contribution < -0.4 is 5.73 Å². The van der Waals surface area contributed by atoms with E-state index in [4.69, 9.17) is 5.73 Å². The Bertz CT molecular complexity index is 546. The first kappa shape index (κ1) is 14.8. The average molecular weight is 358 g/mol. The van der Waals surface area contributed by atoms with Crippen molar-refractivity contribution in [3.63, 3.8) is 0 Å². The largest absolute Gasteiger partial charge is 0.398 e. The van der Waals surface area contributed by atoms with E-state index in [1.54, 1.807) is 35.7 Å². The van der Waals surface area contributed by atoms with Crippen LogP contribution in [-0.4, -0.2) is 11.5 Å². The number of anilines is 1. The highest BCUT2D eigenvalue weighted by molar-refractivity contribution is 9.10. The highest BCUT2D eigenvalue weighted by atomic mass is 79.9. The summed E-state index contributed by atoms with van der Waals surface area (Å²) in [7, 11) is 0. The monoisotopic (exact) mass is 357 g/mol. The molecule has 0 heterocycles. The summed E-state index contributed by atoms with van der Waals surface area (Å²) in [5.41, 5.74) is 6.73. The number of halogens is 2. The minimum absolute atomic E-state index is 0.193. The lowest BCUT2D eigenvalue weighted by Crippen LogP contribution is -1.90. The molecule has 0 atom stereocenters. The molecule has 0 aliphatic rings. The van der Waals surface area contributed by atoms with Crippen molar-refractivity contribution in [2.75, 3.05) is 17.2 Å². The van der Waals surface area contributed by atoms with E-state index in [0.717, 1.165) is 31.5 Å². The molecule has 0 amide bonds. The predicted octanol–water partition coefficient (Wildman–Crippen LogP) is 5.05. The maximum atomic E-state index is 12.7. The van der Waals surface area contributed by atoms with E-state index in [2.05, 4.69) is 15.9 Å². The fraction of sp³-hybridized carbons (Fsp3) is 0.143. The third-order valence-corrected chi connectivity index (χ3v) is 5.25. The van der Waals surface area contributed by atoms with Crippen LogP contribution in [0.2, 0.25) is 0 Å². The minimum Gasteiger partial charge on any atom is -0.398 e. The molecule has 0 saturated heterocycles. The lowest BCUT2D eigenvalue weighted by molar-refractivity contribution is 0.626. The van der Waals surface area contributed by atoms with Gasteiger partial charge in [-0.25, -0.2) is 4.39 Å². The first-order chi connectivity index (χ1) is 9.15. The van der Waals surface area contributed by atoms with Crippen molar-refractivity contribution in [2.45, 2.75) is 9.79 Å². The fourth-order valence-corrected chi connectivity index (χ4v) is 3.71. The third-order valence-electron chi connectivity index (χ3n) is 2.40. The molecule has 0 bridgehead atoms. The number of hydrogen-bond donors (Lipinski definition) is 1. The molecule has 100 valence electrons. The molecule has 2 aromatic carbocycles. The molecule has 0 aromatic heterocycles. The molecule has 0 saturated carbocycles. The Labute approximate surface area is 129 Å². The van der Waals surface area contributed by atoms with E-state index >= 15 is 0 Å². The van der Waals surface area contributed by atoms with Gasteiger partial charge in [-0.1, -0.05) is 15.9 Å². The van der Waals surface area contributed by atoms with E-state index in [-0.39, 0.29) is 5.82 Å². The molecular formula is C14H13BrFNS2. The van der Waals surface area contributed by atoms with Gasteiger partial charge in [0.25, 0.3) is 0 Å². The topological polar surface area (TPSA) is 26.0 Å². The van der Waals surface area contributed by atoms with Crippen LogP contribution in [0.1, 0.15) is 0 Å². The Balaban J connectivity index is 1.79. The second-order valence-corrected chi connectivity index (χ2v) is 7.05. The molecule has 5 heteroatoms. The molecule has 19 heavy (non-hydrogen) atoms. The van der Waals surface area contributed by atoms with Crippen molar-refractivity contribution in [2.24, 2.45) is 0 Å². The fourth-order valence-electron chi connectivity index (χ4n) is 1.49. The summed E-state index contributed by atoms with van der Waals surface area (Å²) in [4.78, 5) is 2.19. The van der Waals surface area contributed by atoms with E-state index in [1.807, 2.05) is 18.2 Å². The molecule has 0 spiro atoms. The number of rotatable bonds is 5. The van der Waals surface area contributed by atoms with E-state index in [1.165, 1.54) is 12.1 Å². The van der Waals surface area contributed by atoms with Crippen molar-refractivity contribution >= 4 is 45.1 Å². The minimum atomic E-state index is -0.193. The highest BCUT2D eigenvalue weighted by Gasteiger charge is 2.01. The Hall–Kier alpha value is -0.650. The van der Waals surface area contributed by atoms with Gasteiger partial charge in [-0.2, -0.15) is 0 Å². The average Bonchev–Trinajstić information content (AvgIpc) is 2.39. The van der Waals surface area contributed by atoms with Crippen LogP contribution in [0.25, 0.3) is 0 Å². The molecule has 0 radical (unpaired) electrons. The normalized spacial score (nSPS) is 10.6. The van der Waals surface area contributed by atoms with Crippen molar-refractivity contribution in [1.82, 2.24) is 0 Å². The first-order valence-corrected chi connectivity index (χ1v) is 8.48.